The van der Waals surface area contributed by atoms with Gasteiger partial charge in [-0.15, -0.1) is 23.5 Å². The SMILES string of the molecule is CCOC(=O)Cn1c(=NC(=O)CCCSc2ccccc2)sc2cc(SC)ccc21. The van der Waals surface area contributed by atoms with Gasteiger partial charge in [0.05, 0.1) is 16.8 Å². The van der Waals surface area contributed by atoms with Gasteiger partial charge >= 0.3 is 5.97 Å². The Labute approximate surface area is 188 Å². The van der Waals surface area contributed by atoms with Crippen molar-refractivity contribution in [2.24, 2.45) is 4.99 Å². The molecule has 158 valence electrons. The predicted molar refractivity (Wildman–Crippen MR) is 125 cm³/mol. The van der Waals surface area contributed by atoms with E-state index < -0.39 is 0 Å². The summed E-state index contributed by atoms with van der Waals surface area (Å²) in [5, 5.41) is 0. The van der Waals surface area contributed by atoms with Gasteiger partial charge in [0.2, 0.25) is 5.91 Å². The summed E-state index contributed by atoms with van der Waals surface area (Å²) in [6, 6.07) is 16.2. The molecule has 0 saturated heterocycles. The number of carbonyl (C=O) groups excluding carboxylic acids is 2. The number of thioether (sulfide) groups is 2. The van der Waals surface area contributed by atoms with Crippen LogP contribution in [0.2, 0.25) is 0 Å². The van der Waals surface area contributed by atoms with Gasteiger partial charge in [-0.25, -0.2) is 0 Å². The first kappa shape index (κ1) is 22.7. The number of fused-ring (bicyclic) bond motifs is 1. The fourth-order valence-corrected chi connectivity index (χ4v) is 5.32. The van der Waals surface area contributed by atoms with Gasteiger partial charge in [-0.2, -0.15) is 4.99 Å². The number of nitrogens with zero attached hydrogens (tertiary/aromatic N) is 2. The molecule has 8 heteroatoms. The van der Waals surface area contributed by atoms with Crippen molar-refractivity contribution in [1.29, 1.82) is 0 Å². The number of carbonyl (C=O) groups is 2. The van der Waals surface area contributed by atoms with Crippen molar-refractivity contribution in [2.45, 2.75) is 36.1 Å². The molecule has 1 aromatic heterocycles. The number of amides is 1. The van der Waals surface area contributed by atoms with E-state index in [9.17, 15) is 9.59 Å². The summed E-state index contributed by atoms with van der Waals surface area (Å²) in [5.74, 6) is 0.356. The summed E-state index contributed by atoms with van der Waals surface area (Å²) >= 11 is 4.81. The zero-order valence-corrected chi connectivity index (χ0v) is 19.4. The van der Waals surface area contributed by atoms with Crippen LogP contribution in [0.5, 0.6) is 0 Å². The second-order valence-electron chi connectivity index (χ2n) is 6.38. The Balaban J connectivity index is 1.75. The fourth-order valence-electron chi connectivity index (χ4n) is 2.85. The van der Waals surface area contributed by atoms with Crippen LogP contribution in [0.25, 0.3) is 10.2 Å². The number of rotatable bonds is 9. The van der Waals surface area contributed by atoms with E-state index in [1.165, 1.54) is 16.2 Å². The first-order chi connectivity index (χ1) is 14.6. The molecule has 0 spiro atoms. The quantitative estimate of drug-likeness (QED) is 0.256. The second kappa shape index (κ2) is 11.4. The minimum Gasteiger partial charge on any atom is -0.465 e. The summed E-state index contributed by atoms with van der Waals surface area (Å²) < 4.78 is 7.88. The zero-order chi connectivity index (χ0) is 21.3. The van der Waals surface area contributed by atoms with E-state index in [1.807, 2.05) is 36.6 Å². The number of esters is 1. The van der Waals surface area contributed by atoms with Gasteiger partial charge in [0.25, 0.3) is 0 Å². The van der Waals surface area contributed by atoms with Crippen LogP contribution in [0.1, 0.15) is 19.8 Å². The Morgan fingerprint density at radius 1 is 1.13 bits per heavy atom. The van der Waals surface area contributed by atoms with E-state index in [4.69, 9.17) is 4.74 Å². The number of ether oxygens (including phenoxy) is 1. The Morgan fingerprint density at radius 2 is 1.93 bits per heavy atom. The van der Waals surface area contributed by atoms with Gasteiger partial charge in [0.15, 0.2) is 4.80 Å². The van der Waals surface area contributed by atoms with Gasteiger partial charge in [-0.05, 0) is 55.7 Å². The highest BCUT2D eigenvalue weighted by Gasteiger charge is 2.13. The molecule has 0 aliphatic heterocycles. The third-order valence-corrected chi connectivity index (χ3v) is 7.11. The molecule has 30 heavy (non-hydrogen) atoms. The van der Waals surface area contributed by atoms with Crippen LogP contribution in [0.3, 0.4) is 0 Å². The Hall–Kier alpha value is -2.03. The lowest BCUT2D eigenvalue weighted by molar-refractivity contribution is -0.143. The van der Waals surface area contributed by atoms with Gasteiger partial charge < -0.3 is 9.30 Å². The summed E-state index contributed by atoms with van der Waals surface area (Å²) in [6.45, 7) is 2.15. The minimum absolute atomic E-state index is 0.0441. The second-order valence-corrected chi connectivity index (χ2v) is 9.44. The van der Waals surface area contributed by atoms with Crippen molar-refractivity contribution in [2.75, 3.05) is 18.6 Å². The molecule has 0 aliphatic rings. The molecule has 0 unspecified atom stereocenters. The van der Waals surface area contributed by atoms with Crippen molar-refractivity contribution in [3.8, 4) is 0 Å². The molecule has 0 fully saturated rings. The zero-order valence-electron chi connectivity index (χ0n) is 17.0. The Kier molecular flexibility index (Phi) is 8.60. The average Bonchev–Trinajstić information content (AvgIpc) is 3.08. The van der Waals surface area contributed by atoms with Crippen molar-refractivity contribution >= 4 is 57.0 Å². The standard InChI is InChI=1S/C22H24N2O3S3/c1-3-27-21(26)15-24-18-12-11-17(28-2)14-19(18)30-22(24)23-20(25)10-7-13-29-16-8-5-4-6-9-16/h4-6,8-9,11-12,14H,3,7,10,13,15H2,1-2H3. The minimum atomic E-state index is -0.334. The molecule has 3 rings (SSSR count). The molecule has 1 heterocycles. The molecule has 2 aromatic carbocycles. The summed E-state index contributed by atoms with van der Waals surface area (Å²) in [5.41, 5.74) is 0.886. The predicted octanol–water partition coefficient (Wildman–Crippen LogP) is 4.99. The van der Waals surface area contributed by atoms with E-state index >= 15 is 0 Å². The monoisotopic (exact) mass is 460 g/mol. The van der Waals surface area contributed by atoms with Gasteiger partial charge in [-0.3, -0.25) is 9.59 Å². The van der Waals surface area contributed by atoms with E-state index in [0.717, 1.165) is 27.3 Å². The Morgan fingerprint density at radius 3 is 2.67 bits per heavy atom. The van der Waals surface area contributed by atoms with E-state index in [2.05, 4.69) is 23.2 Å². The Bertz CT molecular complexity index is 1070. The number of thiazole rings is 1. The fraction of sp³-hybridized carbons (Fsp3) is 0.318. The van der Waals surface area contributed by atoms with Crippen molar-refractivity contribution in [1.82, 2.24) is 4.57 Å². The molecule has 1 amide bonds. The maximum Gasteiger partial charge on any atom is 0.326 e. The van der Waals surface area contributed by atoms with Crippen LogP contribution in [0.15, 0.2) is 63.3 Å². The number of benzene rings is 2. The van der Waals surface area contributed by atoms with Crippen LogP contribution in [-0.2, 0) is 20.9 Å². The summed E-state index contributed by atoms with van der Waals surface area (Å²) in [7, 11) is 0. The normalized spacial score (nSPS) is 11.7. The van der Waals surface area contributed by atoms with Crippen LogP contribution in [-0.4, -0.2) is 35.1 Å². The van der Waals surface area contributed by atoms with Crippen LogP contribution < -0.4 is 4.80 Å². The van der Waals surface area contributed by atoms with Crippen LogP contribution in [0, 0.1) is 0 Å². The maximum absolute atomic E-state index is 12.5. The largest absolute Gasteiger partial charge is 0.465 e. The van der Waals surface area contributed by atoms with E-state index in [-0.39, 0.29) is 18.4 Å². The molecule has 0 bridgehead atoms. The highest BCUT2D eigenvalue weighted by Crippen LogP contribution is 2.24. The molecular formula is C22H24N2O3S3. The number of aromatic nitrogens is 1. The highest BCUT2D eigenvalue weighted by atomic mass is 32.2. The molecule has 0 N–H and O–H groups in total. The maximum atomic E-state index is 12.5. The summed E-state index contributed by atoms with van der Waals surface area (Å²) in [4.78, 5) is 31.8. The van der Waals surface area contributed by atoms with Gasteiger partial charge in [-0.1, -0.05) is 29.5 Å². The molecule has 3 aromatic rings. The molecule has 0 atom stereocenters. The third kappa shape index (κ3) is 6.23. The van der Waals surface area contributed by atoms with Crippen molar-refractivity contribution in [3.63, 3.8) is 0 Å². The number of hydrogen-bond donors (Lipinski definition) is 0. The first-order valence-corrected chi connectivity index (χ1v) is 12.7. The van der Waals surface area contributed by atoms with Crippen LogP contribution >= 0.6 is 34.9 Å². The van der Waals surface area contributed by atoms with Crippen LogP contribution in [0.4, 0.5) is 0 Å². The lowest BCUT2D eigenvalue weighted by Crippen LogP contribution is -2.23. The average molecular weight is 461 g/mol. The van der Waals surface area contributed by atoms with E-state index in [1.54, 1.807) is 35.0 Å². The molecule has 0 radical (unpaired) electrons. The van der Waals surface area contributed by atoms with Gasteiger partial charge in [0, 0.05) is 16.2 Å². The lowest BCUT2D eigenvalue weighted by Gasteiger charge is -2.05. The lowest BCUT2D eigenvalue weighted by atomic mass is 10.3. The highest BCUT2D eigenvalue weighted by molar-refractivity contribution is 7.99. The van der Waals surface area contributed by atoms with E-state index in [0.29, 0.717) is 17.8 Å². The number of hydrogen-bond acceptors (Lipinski definition) is 6. The van der Waals surface area contributed by atoms with Crippen molar-refractivity contribution < 1.29 is 14.3 Å². The van der Waals surface area contributed by atoms with Gasteiger partial charge in [0.1, 0.15) is 6.54 Å². The molecule has 0 saturated carbocycles. The topological polar surface area (TPSA) is 60.7 Å². The summed E-state index contributed by atoms with van der Waals surface area (Å²) in [6.07, 6.45) is 3.15. The first-order valence-electron chi connectivity index (χ1n) is 9.69. The van der Waals surface area contributed by atoms with Crippen molar-refractivity contribution in [3.05, 3.63) is 53.3 Å². The molecule has 5 nitrogen and oxygen atoms in total. The smallest absolute Gasteiger partial charge is 0.326 e. The molecular weight excluding hydrogens is 436 g/mol. The molecule has 0 aliphatic carbocycles. The third-order valence-electron chi connectivity index (χ3n) is 4.25.